The number of benzene rings is 1. The standard InChI is InChI=1S/C19H25N3O5S/c23-17-6-7-18(24)22(17)15-2-4-16(5-3-15)28(25,26)20-14-19(8-1-9-19)21-10-12-27-13-11-21/h2-5,20H,1,6-14H2. The van der Waals surface area contributed by atoms with E-state index in [1.165, 1.54) is 24.3 Å². The van der Waals surface area contributed by atoms with Crippen molar-refractivity contribution in [3.63, 3.8) is 0 Å². The quantitative estimate of drug-likeness (QED) is 0.703. The third kappa shape index (κ3) is 3.59. The number of hydrogen-bond acceptors (Lipinski definition) is 6. The number of morpholine rings is 1. The molecule has 2 heterocycles. The first-order chi connectivity index (χ1) is 13.4. The molecular formula is C19H25N3O5S. The van der Waals surface area contributed by atoms with Crippen LogP contribution in [0.15, 0.2) is 29.2 Å². The maximum Gasteiger partial charge on any atom is 0.240 e. The number of anilines is 1. The van der Waals surface area contributed by atoms with E-state index in [2.05, 4.69) is 9.62 Å². The molecule has 1 aromatic rings. The van der Waals surface area contributed by atoms with Crippen molar-refractivity contribution < 1.29 is 22.7 Å². The second-order valence-electron chi connectivity index (χ2n) is 7.62. The van der Waals surface area contributed by atoms with Crippen LogP contribution >= 0.6 is 0 Å². The summed E-state index contributed by atoms with van der Waals surface area (Å²) in [6, 6.07) is 5.91. The molecule has 152 valence electrons. The lowest BCUT2D eigenvalue weighted by atomic mass is 9.75. The van der Waals surface area contributed by atoms with Gasteiger partial charge in [0.1, 0.15) is 0 Å². The van der Waals surface area contributed by atoms with E-state index in [0.717, 1.165) is 37.3 Å². The van der Waals surface area contributed by atoms with Gasteiger partial charge in [0.2, 0.25) is 21.8 Å². The van der Waals surface area contributed by atoms with Crippen molar-refractivity contribution >= 4 is 27.5 Å². The summed E-state index contributed by atoms with van der Waals surface area (Å²) in [4.78, 5) is 27.3. The van der Waals surface area contributed by atoms with Gasteiger partial charge in [0.15, 0.2) is 0 Å². The number of sulfonamides is 1. The summed E-state index contributed by atoms with van der Waals surface area (Å²) in [7, 11) is -3.67. The molecule has 0 spiro atoms. The molecule has 0 radical (unpaired) electrons. The fraction of sp³-hybridized carbons (Fsp3) is 0.579. The monoisotopic (exact) mass is 407 g/mol. The zero-order valence-electron chi connectivity index (χ0n) is 15.7. The molecule has 9 heteroatoms. The number of nitrogens with zero attached hydrogens (tertiary/aromatic N) is 2. The van der Waals surface area contributed by atoms with Gasteiger partial charge in [-0.3, -0.25) is 19.4 Å². The Balaban J connectivity index is 1.44. The van der Waals surface area contributed by atoms with E-state index in [9.17, 15) is 18.0 Å². The van der Waals surface area contributed by atoms with Gasteiger partial charge in [-0.15, -0.1) is 0 Å². The summed E-state index contributed by atoms with van der Waals surface area (Å²) in [6.07, 6.45) is 3.46. The number of carbonyl (C=O) groups excluding carboxylic acids is 2. The maximum absolute atomic E-state index is 12.8. The van der Waals surface area contributed by atoms with Crippen LogP contribution in [0, 0.1) is 0 Å². The molecule has 0 bridgehead atoms. The normalized spacial score (nSPS) is 23.1. The predicted octanol–water partition coefficient (Wildman–Crippen LogP) is 0.873. The van der Waals surface area contributed by atoms with Gasteiger partial charge in [-0.05, 0) is 43.5 Å². The zero-order chi connectivity index (χ0) is 19.8. The molecule has 1 aromatic carbocycles. The maximum atomic E-state index is 12.8. The van der Waals surface area contributed by atoms with Crippen LogP contribution in [0.1, 0.15) is 32.1 Å². The Bertz CT molecular complexity index is 842. The summed E-state index contributed by atoms with van der Waals surface area (Å²) < 4.78 is 33.7. The molecule has 0 aromatic heterocycles. The minimum absolute atomic E-state index is 0.120. The minimum Gasteiger partial charge on any atom is -0.379 e. The average molecular weight is 407 g/mol. The largest absolute Gasteiger partial charge is 0.379 e. The molecule has 2 saturated heterocycles. The smallest absolute Gasteiger partial charge is 0.240 e. The first-order valence-electron chi connectivity index (χ1n) is 9.70. The van der Waals surface area contributed by atoms with Gasteiger partial charge in [-0.25, -0.2) is 13.1 Å². The zero-order valence-corrected chi connectivity index (χ0v) is 16.5. The van der Waals surface area contributed by atoms with E-state index in [1.807, 2.05) is 0 Å². The van der Waals surface area contributed by atoms with Crippen LogP contribution in [0.2, 0.25) is 0 Å². The summed E-state index contributed by atoms with van der Waals surface area (Å²) in [5, 5.41) is 0. The van der Waals surface area contributed by atoms with E-state index < -0.39 is 10.0 Å². The number of amides is 2. The Morgan fingerprint density at radius 1 is 1.00 bits per heavy atom. The highest BCUT2D eigenvalue weighted by Crippen LogP contribution is 2.38. The van der Waals surface area contributed by atoms with E-state index in [4.69, 9.17) is 4.74 Å². The van der Waals surface area contributed by atoms with Crippen molar-refractivity contribution in [1.82, 2.24) is 9.62 Å². The number of nitrogens with one attached hydrogen (secondary N) is 1. The van der Waals surface area contributed by atoms with Crippen LogP contribution in [-0.4, -0.2) is 63.5 Å². The summed E-state index contributed by atoms with van der Waals surface area (Å²) in [6.45, 7) is 3.40. The van der Waals surface area contributed by atoms with Crippen LogP contribution in [0.25, 0.3) is 0 Å². The molecule has 0 unspecified atom stereocenters. The fourth-order valence-corrected chi connectivity index (χ4v) is 5.30. The van der Waals surface area contributed by atoms with Crippen LogP contribution < -0.4 is 9.62 Å². The lowest BCUT2D eigenvalue weighted by molar-refractivity contribution is -0.121. The van der Waals surface area contributed by atoms with E-state index in [-0.39, 0.29) is 35.1 Å². The molecule has 8 nitrogen and oxygen atoms in total. The lowest BCUT2D eigenvalue weighted by Gasteiger charge is -2.51. The molecular weight excluding hydrogens is 382 g/mol. The van der Waals surface area contributed by atoms with Crippen molar-refractivity contribution in [3.8, 4) is 0 Å². The second-order valence-corrected chi connectivity index (χ2v) is 9.39. The van der Waals surface area contributed by atoms with Crippen molar-refractivity contribution in [2.45, 2.75) is 42.5 Å². The van der Waals surface area contributed by atoms with Crippen molar-refractivity contribution in [2.75, 3.05) is 37.7 Å². The molecule has 1 aliphatic carbocycles. The lowest BCUT2D eigenvalue weighted by Crippen LogP contribution is -2.62. The van der Waals surface area contributed by atoms with Crippen molar-refractivity contribution in [3.05, 3.63) is 24.3 Å². The van der Waals surface area contributed by atoms with Crippen LogP contribution in [0.5, 0.6) is 0 Å². The van der Waals surface area contributed by atoms with Crippen LogP contribution in [0.4, 0.5) is 5.69 Å². The molecule has 28 heavy (non-hydrogen) atoms. The molecule has 2 amide bonds. The average Bonchev–Trinajstić information content (AvgIpc) is 3.00. The second kappa shape index (κ2) is 7.55. The topological polar surface area (TPSA) is 96.0 Å². The highest BCUT2D eigenvalue weighted by Gasteiger charge is 2.43. The first-order valence-corrected chi connectivity index (χ1v) is 11.2. The van der Waals surface area contributed by atoms with E-state index in [1.54, 1.807) is 0 Å². The Morgan fingerprint density at radius 2 is 1.61 bits per heavy atom. The Labute approximate surface area is 164 Å². The number of ether oxygens (including phenoxy) is 1. The van der Waals surface area contributed by atoms with Crippen molar-refractivity contribution in [2.24, 2.45) is 0 Å². The number of rotatable bonds is 6. The number of hydrogen-bond donors (Lipinski definition) is 1. The van der Waals surface area contributed by atoms with Crippen LogP contribution in [-0.2, 0) is 24.3 Å². The molecule has 1 saturated carbocycles. The number of carbonyl (C=O) groups is 2. The van der Waals surface area contributed by atoms with E-state index >= 15 is 0 Å². The van der Waals surface area contributed by atoms with Gasteiger partial charge in [-0.2, -0.15) is 0 Å². The fourth-order valence-electron chi connectivity index (χ4n) is 4.18. The van der Waals surface area contributed by atoms with Gasteiger partial charge >= 0.3 is 0 Å². The molecule has 2 aliphatic heterocycles. The van der Waals surface area contributed by atoms with Gasteiger partial charge < -0.3 is 4.74 Å². The van der Waals surface area contributed by atoms with Gasteiger partial charge in [0, 0.05) is 38.0 Å². The highest BCUT2D eigenvalue weighted by molar-refractivity contribution is 7.89. The van der Waals surface area contributed by atoms with Gasteiger partial charge in [0.25, 0.3) is 0 Å². The van der Waals surface area contributed by atoms with Gasteiger partial charge in [0.05, 0.1) is 23.8 Å². The van der Waals surface area contributed by atoms with Gasteiger partial charge in [-0.1, -0.05) is 0 Å². The Kier molecular flexibility index (Phi) is 5.26. The summed E-state index contributed by atoms with van der Waals surface area (Å²) in [5.41, 5.74) is 0.292. The third-order valence-corrected chi connectivity index (χ3v) is 7.43. The van der Waals surface area contributed by atoms with E-state index in [0.29, 0.717) is 25.4 Å². The molecule has 1 N–H and O–H groups in total. The molecule has 4 rings (SSSR count). The highest BCUT2D eigenvalue weighted by atomic mass is 32.2. The Hall–Kier alpha value is -1.81. The third-order valence-electron chi connectivity index (χ3n) is 6.01. The SMILES string of the molecule is O=C1CCC(=O)N1c1ccc(S(=O)(=O)NCC2(N3CCOCC3)CCC2)cc1. The Morgan fingerprint density at radius 3 is 2.14 bits per heavy atom. The molecule has 3 fully saturated rings. The van der Waals surface area contributed by atoms with Crippen molar-refractivity contribution in [1.29, 1.82) is 0 Å². The number of imide groups is 1. The summed E-state index contributed by atoms with van der Waals surface area (Å²) >= 11 is 0. The predicted molar refractivity (Wildman–Crippen MR) is 102 cm³/mol. The van der Waals surface area contributed by atoms with Crippen LogP contribution in [0.3, 0.4) is 0 Å². The molecule has 0 atom stereocenters. The molecule has 3 aliphatic rings. The summed E-state index contributed by atoms with van der Waals surface area (Å²) in [5.74, 6) is -0.507. The minimum atomic E-state index is -3.67. The first kappa shape index (κ1) is 19.5.